The first-order chi connectivity index (χ1) is 8.59. The van der Waals surface area contributed by atoms with Crippen molar-refractivity contribution in [1.29, 1.82) is 0 Å². The second-order valence-electron chi connectivity index (χ2n) is 6.47. The molecule has 2 aliphatic rings. The summed E-state index contributed by atoms with van der Waals surface area (Å²) in [7, 11) is 0. The molecular formula is C15H27NO2. The van der Waals surface area contributed by atoms with Gasteiger partial charge in [0.25, 0.3) is 0 Å². The monoisotopic (exact) mass is 253 g/mol. The highest BCUT2D eigenvalue weighted by Gasteiger charge is 2.40. The Morgan fingerprint density at radius 1 is 1.17 bits per heavy atom. The number of carbonyl (C=O) groups is 1. The van der Waals surface area contributed by atoms with Crippen molar-refractivity contribution >= 4 is 5.97 Å². The first kappa shape index (κ1) is 13.9. The molecule has 2 fully saturated rings. The number of carboxylic acids is 1. The van der Waals surface area contributed by atoms with E-state index in [2.05, 4.69) is 18.7 Å². The fourth-order valence-corrected chi connectivity index (χ4v) is 3.84. The summed E-state index contributed by atoms with van der Waals surface area (Å²) in [4.78, 5) is 13.9. The van der Waals surface area contributed by atoms with E-state index in [0.29, 0.717) is 18.0 Å². The van der Waals surface area contributed by atoms with Crippen molar-refractivity contribution in [2.75, 3.05) is 6.54 Å². The molecule has 18 heavy (non-hydrogen) atoms. The standard InChI is InChI=1S/C15H27NO2/c1-11(2)10-16(12-6-3-4-7-12)14-9-5-8-13(14)15(17)18/h11-14H,3-10H2,1-2H3,(H,17,18). The van der Waals surface area contributed by atoms with E-state index in [-0.39, 0.29) is 5.92 Å². The zero-order valence-corrected chi connectivity index (χ0v) is 11.8. The maximum Gasteiger partial charge on any atom is 0.308 e. The van der Waals surface area contributed by atoms with Crippen LogP contribution < -0.4 is 0 Å². The Kier molecular flexibility index (Phi) is 4.66. The predicted molar refractivity (Wildman–Crippen MR) is 72.6 cm³/mol. The summed E-state index contributed by atoms with van der Waals surface area (Å²) in [6.45, 7) is 5.55. The molecule has 0 aromatic carbocycles. The minimum Gasteiger partial charge on any atom is -0.481 e. The summed E-state index contributed by atoms with van der Waals surface area (Å²) in [5.74, 6) is -0.0748. The van der Waals surface area contributed by atoms with E-state index in [1.807, 2.05) is 0 Å². The molecule has 1 N–H and O–H groups in total. The molecule has 2 atom stereocenters. The SMILES string of the molecule is CC(C)CN(C1CCCC1)C1CCCC1C(=O)O. The second-order valence-corrected chi connectivity index (χ2v) is 6.47. The Morgan fingerprint density at radius 3 is 2.39 bits per heavy atom. The van der Waals surface area contributed by atoms with Crippen LogP contribution >= 0.6 is 0 Å². The average molecular weight is 253 g/mol. The van der Waals surface area contributed by atoms with Gasteiger partial charge < -0.3 is 5.11 Å². The van der Waals surface area contributed by atoms with Crippen molar-refractivity contribution in [2.45, 2.75) is 70.9 Å². The van der Waals surface area contributed by atoms with Gasteiger partial charge >= 0.3 is 5.97 Å². The summed E-state index contributed by atoms with van der Waals surface area (Å²) in [5.41, 5.74) is 0. The van der Waals surface area contributed by atoms with Gasteiger partial charge in [-0.05, 0) is 31.6 Å². The van der Waals surface area contributed by atoms with Gasteiger partial charge in [-0.15, -0.1) is 0 Å². The number of aliphatic carboxylic acids is 1. The fourth-order valence-electron chi connectivity index (χ4n) is 3.84. The molecule has 3 nitrogen and oxygen atoms in total. The van der Waals surface area contributed by atoms with Crippen LogP contribution in [0.15, 0.2) is 0 Å². The molecule has 0 amide bonds. The largest absolute Gasteiger partial charge is 0.481 e. The number of rotatable bonds is 5. The summed E-state index contributed by atoms with van der Waals surface area (Å²) in [6, 6.07) is 0.949. The number of hydrogen-bond donors (Lipinski definition) is 1. The van der Waals surface area contributed by atoms with Gasteiger partial charge in [0.2, 0.25) is 0 Å². The highest BCUT2D eigenvalue weighted by atomic mass is 16.4. The van der Waals surface area contributed by atoms with Crippen LogP contribution in [0.3, 0.4) is 0 Å². The molecule has 0 saturated heterocycles. The molecular weight excluding hydrogens is 226 g/mol. The first-order valence-corrected chi connectivity index (χ1v) is 7.58. The van der Waals surface area contributed by atoms with E-state index >= 15 is 0 Å². The third-order valence-electron chi connectivity index (χ3n) is 4.59. The molecule has 2 rings (SSSR count). The lowest BCUT2D eigenvalue weighted by Crippen LogP contribution is -2.47. The molecule has 0 heterocycles. The smallest absolute Gasteiger partial charge is 0.308 e. The van der Waals surface area contributed by atoms with Crippen LogP contribution in [-0.2, 0) is 4.79 Å². The first-order valence-electron chi connectivity index (χ1n) is 7.58. The van der Waals surface area contributed by atoms with E-state index in [1.54, 1.807) is 0 Å². The Labute approximate surface area is 111 Å². The lowest BCUT2D eigenvalue weighted by molar-refractivity contribution is -0.143. The molecule has 3 heteroatoms. The van der Waals surface area contributed by atoms with Gasteiger partial charge in [-0.3, -0.25) is 9.69 Å². The van der Waals surface area contributed by atoms with Crippen molar-refractivity contribution in [3.8, 4) is 0 Å². The van der Waals surface area contributed by atoms with Crippen LogP contribution in [0.4, 0.5) is 0 Å². The molecule has 0 bridgehead atoms. The molecule has 0 radical (unpaired) electrons. The molecule has 104 valence electrons. The van der Waals surface area contributed by atoms with Gasteiger partial charge in [-0.25, -0.2) is 0 Å². The third kappa shape index (κ3) is 3.05. The summed E-state index contributed by atoms with van der Waals surface area (Å²) in [6.07, 6.45) is 8.24. The van der Waals surface area contributed by atoms with E-state index in [4.69, 9.17) is 0 Å². The third-order valence-corrected chi connectivity index (χ3v) is 4.59. The molecule has 2 aliphatic carbocycles. The highest BCUT2D eigenvalue weighted by Crippen LogP contribution is 2.35. The van der Waals surface area contributed by atoms with Crippen LogP contribution in [-0.4, -0.2) is 34.6 Å². The quantitative estimate of drug-likeness (QED) is 0.818. The zero-order valence-electron chi connectivity index (χ0n) is 11.8. The van der Waals surface area contributed by atoms with Crippen LogP contribution in [0.1, 0.15) is 58.8 Å². The average Bonchev–Trinajstić information content (AvgIpc) is 2.97. The minimum absolute atomic E-state index is 0.121. The summed E-state index contributed by atoms with van der Waals surface area (Å²) in [5, 5.41) is 9.38. The maximum absolute atomic E-state index is 11.4. The topological polar surface area (TPSA) is 40.5 Å². The molecule has 2 saturated carbocycles. The zero-order chi connectivity index (χ0) is 13.1. The molecule has 0 spiro atoms. The van der Waals surface area contributed by atoms with E-state index < -0.39 is 5.97 Å². The Morgan fingerprint density at radius 2 is 1.83 bits per heavy atom. The van der Waals surface area contributed by atoms with Crippen LogP contribution in [0.2, 0.25) is 0 Å². The van der Waals surface area contributed by atoms with E-state index in [9.17, 15) is 9.90 Å². The lowest BCUT2D eigenvalue weighted by Gasteiger charge is -2.37. The van der Waals surface area contributed by atoms with Crippen molar-refractivity contribution in [2.24, 2.45) is 11.8 Å². The highest BCUT2D eigenvalue weighted by molar-refractivity contribution is 5.71. The summed E-state index contributed by atoms with van der Waals surface area (Å²) < 4.78 is 0. The van der Waals surface area contributed by atoms with Gasteiger partial charge in [0, 0.05) is 18.6 Å². The molecule has 0 aromatic heterocycles. The second kappa shape index (κ2) is 6.05. The number of nitrogens with zero attached hydrogens (tertiary/aromatic N) is 1. The molecule has 0 aromatic rings. The van der Waals surface area contributed by atoms with Gasteiger partial charge in [-0.1, -0.05) is 33.1 Å². The Bertz CT molecular complexity index is 284. The van der Waals surface area contributed by atoms with E-state index in [0.717, 1.165) is 25.8 Å². The van der Waals surface area contributed by atoms with Crippen LogP contribution in [0.25, 0.3) is 0 Å². The van der Waals surface area contributed by atoms with Crippen LogP contribution in [0.5, 0.6) is 0 Å². The van der Waals surface area contributed by atoms with E-state index in [1.165, 1.54) is 25.7 Å². The van der Waals surface area contributed by atoms with Gasteiger partial charge in [0.1, 0.15) is 0 Å². The van der Waals surface area contributed by atoms with Gasteiger partial charge in [-0.2, -0.15) is 0 Å². The normalized spacial score (nSPS) is 29.6. The number of carboxylic acid groups (broad SMARTS) is 1. The fraction of sp³-hybridized carbons (Fsp3) is 0.933. The number of hydrogen-bond acceptors (Lipinski definition) is 2. The molecule has 0 aliphatic heterocycles. The molecule has 2 unspecified atom stereocenters. The predicted octanol–water partition coefficient (Wildman–Crippen LogP) is 3.14. The summed E-state index contributed by atoms with van der Waals surface area (Å²) >= 11 is 0. The van der Waals surface area contributed by atoms with Crippen molar-refractivity contribution < 1.29 is 9.90 Å². The van der Waals surface area contributed by atoms with Crippen molar-refractivity contribution in [3.63, 3.8) is 0 Å². The minimum atomic E-state index is -0.579. The maximum atomic E-state index is 11.4. The van der Waals surface area contributed by atoms with Crippen LogP contribution in [0, 0.1) is 11.8 Å². The van der Waals surface area contributed by atoms with Gasteiger partial charge in [0.15, 0.2) is 0 Å². The Balaban J connectivity index is 2.08. The van der Waals surface area contributed by atoms with Gasteiger partial charge in [0.05, 0.1) is 5.92 Å². The lowest BCUT2D eigenvalue weighted by atomic mass is 9.98. The van der Waals surface area contributed by atoms with Crippen molar-refractivity contribution in [3.05, 3.63) is 0 Å². The Hall–Kier alpha value is -0.570. The van der Waals surface area contributed by atoms with Crippen molar-refractivity contribution in [1.82, 2.24) is 4.90 Å².